The molecular formula is C10H10Br2O. The average molecular weight is 306 g/mol. The minimum absolute atomic E-state index is 0.199. The van der Waals surface area contributed by atoms with Crippen LogP contribution >= 0.6 is 31.9 Å². The summed E-state index contributed by atoms with van der Waals surface area (Å²) in [4.78, 5) is 10.9. The Bertz CT molecular complexity index is 321. The molecule has 0 bridgehead atoms. The molecule has 0 N–H and O–H groups in total. The highest BCUT2D eigenvalue weighted by atomic mass is 79.9. The lowest BCUT2D eigenvalue weighted by Crippen LogP contribution is -1.99. The molecule has 0 saturated heterocycles. The third kappa shape index (κ3) is 3.24. The average Bonchev–Trinajstić information content (AvgIpc) is 2.07. The number of alkyl halides is 1. The van der Waals surface area contributed by atoms with E-state index in [1.54, 1.807) is 6.92 Å². The number of rotatable bonds is 3. The molecule has 1 aromatic rings. The van der Waals surface area contributed by atoms with Crippen LogP contribution in [0.4, 0.5) is 0 Å². The first-order chi connectivity index (χ1) is 6.13. The molecule has 0 heterocycles. The summed E-state index contributed by atoms with van der Waals surface area (Å²) in [5.74, 6) is 0.199. The van der Waals surface area contributed by atoms with Gasteiger partial charge in [-0.2, -0.15) is 0 Å². The molecule has 3 heteroatoms. The maximum absolute atomic E-state index is 10.9. The first-order valence-electron chi connectivity index (χ1n) is 3.96. The smallest absolute Gasteiger partial charge is 0.134 e. The molecule has 0 aliphatic heterocycles. The van der Waals surface area contributed by atoms with Crippen LogP contribution in [-0.2, 0) is 16.5 Å². The summed E-state index contributed by atoms with van der Waals surface area (Å²) in [6.45, 7) is 1.61. The van der Waals surface area contributed by atoms with Crippen molar-refractivity contribution in [3.05, 3.63) is 33.8 Å². The second-order valence-corrected chi connectivity index (χ2v) is 4.40. The molecule has 0 aliphatic carbocycles. The van der Waals surface area contributed by atoms with Crippen LogP contribution in [0, 0.1) is 0 Å². The summed E-state index contributed by atoms with van der Waals surface area (Å²) in [5.41, 5.74) is 2.28. The summed E-state index contributed by atoms with van der Waals surface area (Å²) in [6, 6.07) is 5.99. The van der Waals surface area contributed by atoms with Gasteiger partial charge >= 0.3 is 0 Å². The lowest BCUT2D eigenvalue weighted by atomic mass is 10.0. The van der Waals surface area contributed by atoms with Gasteiger partial charge in [0, 0.05) is 16.2 Å². The zero-order valence-electron chi connectivity index (χ0n) is 7.31. The quantitative estimate of drug-likeness (QED) is 0.782. The van der Waals surface area contributed by atoms with Crippen LogP contribution in [0.5, 0.6) is 0 Å². The van der Waals surface area contributed by atoms with Gasteiger partial charge in [-0.25, -0.2) is 0 Å². The van der Waals surface area contributed by atoms with Crippen LogP contribution in [0.3, 0.4) is 0 Å². The van der Waals surface area contributed by atoms with Crippen LogP contribution in [0.15, 0.2) is 22.7 Å². The van der Waals surface area contributed by atoms with Crippen molar-refractivity contribution < 1.29 is 4.79 Å². The van der Waals surface area contributed by atoms with Crippen LogP contribution < -0.4 is 0 Å². The van der Waals surface area contributed by atoms with Crippen molar-refractivity contribution in [1.82, 2.24) is 0 Å². The number of carbonyl (C=O) groups excluding carboxylic acids is 1. The molecule has 0 aliphatic rings. The van der Waals surface area contributed by atoms with Gasteiger partial charge in [-0.1, -0.05) is 37.9 Å². The van der Waals surface area contributed by atoms with E-state index in [4.69, 9.17) is 0 Å². The Morgan fingerprint density at radius 1 is 1.38 bits per heavy atom. The lowest BCUT2D eigenvalue weighted by Gasteiger charge is -2.05. The highest BCUT2D eigenvalue weighted by Crippen LogP contribution is 2.19. The van der Waals surface area contributed by atoms with E-state index in [9.17, 15) is 4.79 Å². The van der Waals surface area contributed by atoms with Gasteiger partial charge in [-0.05, 0) is 30.2 Å². The van der Waals surface area contributed by atoms with Crippen molar-refractivity contribution in [3.63, 3.8) is 0 Å². The SMILES string of the molecule is CC(=O)Cc1ccc(Br)cc1CBr. The maximum Gasteiger partial charge on any atom is 0.134 e. The molecule has 0 saturated carbocycles. The summed E-state index contributed by atoms with van der Waals surface area (Å²) < 4.78 is 1.05. The normalized spacial score (nSPS) is 10.1. The zero-order valence-corrected chi connectivity index (χ0v) is 10.5. The third-order valence-electron chi connectivity index (χ3n) is 1.75. The van der Waals surface area contributed by atoms with Crippen LogP contribution in [-0.4, -0.2) is 5.78 Å². The van der Waals surface area contributed by atoms with Gasteiger partial charge in [-0.3, -0.25) is 4.79 Å². The van der Waals surface area contributed by atoms with Gasteiger partial charge in [-0.15, -0.1) is 0 Å². The molecule has 0 atom stereocenters. The summed E-state index contributed by atoms with van der Waals surface area (Å²) >= 11 is 6.80. The molecule has 70 valence electrons. The van der Waals surface area contributed by atoms with E-state index < -0.39 is 0 Å². The molecule has 13 heavy (non-hydrogen) atoms. The zero-order chi connectivity index (χ0) is 9.84. The third-order valence-corrected chi connectivity index (χ3v) is 2.85. The molecule has 1 aromatic carbocycles. The second kappa shape index (κ2) is 4.91. The van der Waals surface area contributed by atoms with E-state index in [0.29, 0.717) is 6.42 Å². The number of carbonyl (C=O) groups is 1. The van der Waals surface area contributed by atoms with Crippen molar-refractivity contribution >= 4 is 37.6 Å². The van der Waals surface area contributed by atoms with E-state index in [2.05, 4.69) is 31.9 Å². The molecule has 0 radical (unpaired) electrons. The van der Waals surface area contributed by atoms with E-state index in [-0.39, 0.29) is 5.78 Å². The van der Waals surface area contributed by atoms with E-state index >= 15 is 0 Å². The van der Waals surface area contributed by atoms with Gasteiger partial charge in [0.25, 0.3) is 0 Å². The Morgan fingerprint density at radius 3 is 2.62 bits per heavy atom. The second-order valence-electron chi connectivity index (χ2n) is 2.93. The Hall–Kier alpha value is -0.150. The summed E-state index contributed by atoms with van der Waals surface area (Å²) in [7, 11) is 0. The molecule has 0 unspecified atom stereocenters. The number of benzene rings is 1. The molecule has 0 amide bonds. The van der Waals surface area contributed by atoms with Crippen molar-refractivity contribution in [1.29, 1.82) is 0 Å². The van der Waals surface area contributed by atoms with Gasteiger partial charge in [0.2, 0.25) is 0 Å². The Balaban J connectivity index is 2.99. The van der Waals surface area contributed by atoms with Gasteiger partial charge < -0.3 is 0 Å². The maximum atomic E-state index is 10.9. The van der Waals surface area contributed by atoms with E-state index in [1.807, 2.05) is 18.2 Å². The molecular weight excluding hydrogens is 296 g/mol. The minimum atomic E-state index is 0.199. The number of ketones is 1. The predicted octanol–water partition coefficient (Wildman–Crippen LogP) is 3.48. The number of hydrogen-bond acceptors (Lipinski definition) is 1. The highest BCUT2D eigenvalue weighted by molar-refractivity contribution is 9.10. The number of hydrogen-bond donors (Lipinski definition) is 0. The van der Waals surface area contributed by atoms with Crippen molar-refractivity contribution in [2.24, 2.45) is 0 Å². The summed E-state index contributed by atoms with van der Waals surface area (Å²) in [6.07, 6.45) is 0.522. The Kier molecular flexibility index (Phi) is 4.13. The topological polar surface area (TPSA) is 17.1 Å². The lowest BCUT2D eigenvalue weighted by molar-refractivity contribution is -0.116. The molecule has 1 rings (SSSR count). The van der Waals surface area contributed by atoms with Crippen molar-refractivity contribution in [2.75, 3.05) is 0 Å². The van der Waals surface area contributed by atoms with Gasteiger partial charge in [0.05, 0.1) is 0 Å². The Labute approximate surface area is 94.8 Å². The van der Waals surface area contributed by atoms with E-state index in [0.717, 1.165) is 15.4 Å². The number of halogens is 2. The fraction of sp³-hybridized carbons (Fsp3) is 0.300. The fourth-order valence-corrected chi connectivity index (χ4v) is 2.09. The van der Waals surface area contributed by atoms with Crippen LogP contribution in [0.25, 0.3) is 0 Å². The van der Waals surface area contributed by atoms with Gasteiger partial charge in [0.1, 0.15) is 5.78 Å². The molecule has 0 fully saturated rings. The minimum Gasteiger partial charge on any atom is -0.300 e. The molecule has 1 nitrogen and oxygen atoms in total. The monoisotopic (exact) mass is 304 g/mol. The summed E-state index contributed by atoms with van der Waals surface area (Å²) in [5, 5.41) is 0.787. The van der Waals surface area contributed by atoms with Gasteiger partial charge in [0.15, 0.2) is 0 Å². The standard InChI is InChI=1S/C10H10Br2O/c1-7(13)4-8-2-3-10(12)5-9(8)6-11/h2-3,5H,4,6H2,1H3. The van der Waals surface area contributed by atoms with Crippen LogP contribution in [0.2, 0.25) is 0 Å². The largest absolute Gasteiger partial charge is 0.300 e. The van der Waals surface area contributed by atoms with Crippen LogP contribution in [0.1, 0.15) is 18.1 Å². The molecule has 0 spiro atoms. The first-order valence-corrected chi connectivity index (χ1v) is 5.87. The Morgan fingerprint density at radius 2 is 2.08 bits per heavy atom. The first kappa shape index (κ1) is 10.9. The molecule has 0 aromatic heterocycles. The van der Waals surface area contributed by atoms with Crippen molar-refractivity contribution in [3.8, 4) is 0 Å². The number of Topliss-reactive ketones (excluding diaryl/α,β-unsaturated/α-hetero) is 1. The van der Waals surface area contributed by atoms with Crippen molar-refractivity contribution in [2.45, 2.75) is 18.7 Å². The van der Waals surface area contributed by atoms with E-state index in [1.165, 1.54) is 5.56 Å². The highest BCUT2D eigenvalue weighted by Gasteiger charge is 2.04. The fourth-order valence-electron chi connectivity index (χ4n) is 1.16. The predicted molar refractivity (Wildman–Crippen MR) is 61.2 cm³/mol.